The molecular formula is C20H27FN2O7. The molecule has 0 spiro atoms. The molecule has 166 valence electrons. The highest BCUT2D eigenvalue weighted by Crippen LogP contribution is 2.19. The second kappa shape index (κ2) is 9.64. The lowest BCUT2D eigenvalue weighted by Crippen LogP contribution is -2.44. The first-order chi connectivity index (χ1) is 13.6. The van der Waals surface area contributed by atoms with Gasteiger partial charge in [-0.25, -0.2) is 4.79 Å². The summed E-state index contributed by atoms with van der Waals surface area (Å²) in [6.45, 7) is 10.0. The average molecular weight is 426 g/mol. The zero-order valence-electron chi connectivity index (χ0n) is 17.9. The van der Waals surface area contributed by atoms with Crippen LogP contribution in [0.25, 0.3) is 0 Å². The van der Waals surface area contributed by atoms with E-state index >= 15 is 0 Å². The van der Waals surface area contributed by atoms with Crippen molar-refractivity contribution in [3.8, 4) is 0 Å². The highest BCUT2D eigenvalue weighted by Gasteiger charge is 2.29. The molecule has 30 heavy (non-hydrogen) atoms. The maximum absolute atomic E-state index is 13.8. The van der Waals surface area contributed by atoms with Crippen molar-refractivity contribution >= 4 is 23.5 Å². The molecule has 9 nitrogen and oxygen atoms in total. The van der Waals surface area contributed by atoms with Gasteiger partial charge in [-0.05, 0) is 60.1 Å². The second-order valence-corrected chi connectivity index (χ2v) is 8.61. The summed E-state index contributed by atoms with van der Waals surface area (Å²) in [6.07, 6.45) is -0.277. The molecule has 0 aliphatic heterocycles. The van der Waals surface area contributed by atoms with Gasteiger partial charge in [-0.2, -0.15) is 4.39 Å². The molecule has 1 aromatic rings. The minimum absolute atomic E-state index is 0.106. The van der Waals surface area contributed by atoms with Gasteiger partial charge in [-0.15, -0.1) is 0 Å². The second-order valence-electron chi connectivity index (χ2n) is 8.61. The summed E-state index contributed by atoms with van der Waals surface area (Å²) in [5.41, 5.74) is -2.55. The van der Waals surface area contributed by atoms with E-state index in [-0.39, 0.29) is 18.4 Å². The van der Waals surface area contributed by atoms with Crippen LogP contribution < -0.4 is 5.32 Å². The number of halogens is 1. The molecule has 0 saturated carbocycles. The molecule has 0 aromatic heterocycles. The first-order valence-corrected chi connectivity index (χ1v) is 9.28. The Morgan fingerprint density at radius 1 is 1.10 bits per heavy atom. The maximum atomic E-state index is 13.8. The Labute approximate surface area is 174 Å². The van der Waals surface area contributed by atoms with E-state index in [0.29, 0.717) is 6.07 Å². The zero-order chi connectivity index (χ0) is 23.3. The first-order valence-electron chi connectivity index (χ1n) is 9.28. The van der Waals surface area contributed by atoms with Crippen LogP contribution in [-0.2, 0) is 19.1 Å². The number of nitrogens with one attached hydrogen (secondary N) is 1. The molecule has 1 amide bonds. The molecule has 0 aliphatic rings. The number of esters is 2. The van der Waals surface area contributed by atoms with Crippen molar-refractivity contribution < 1.29 is 33.2 Å². The lowest BCUT2D eigenvalue weighted by Gasteiger charge is -2.25. The average Bonchev–Trinajstić information content (AvgIpc) is 2.54. The third-order valence-electron chi connectivity index (χ3n) is 3.46. The van der Waals surface area contributed by atoms with E-state index in [1.165, 1.54) is 0 Å². The Balaban J connectivity index is 2.97. The Morgan fingerprint density at radius 3 is 2.13 bits per heavy atom. The highest BCUT2D eigenvalue weighted by atomic mass is 19.1. The van der Waals surface area contributed by atoms with Crippen molar-refractivity contribution in [2.75, 3.05) is 0 Å². The lowest BCUT2D eigenvalue weighted by atomic mass is 10.1. The van der Waals surface area contributed by atoms with Gasteiger partial charge in [0, 0.05) is 18.1 Å². The van der Waals surface area contributed by atoms with Crippen molar-refractivity contribution in [2.24, 2.45) is 0 Å². The molecule has 0 radical (unpaired) electrons. The molecular weight excluding hydrogens is 399 g/mol. The summed E-state index contributed by atoms with van der Waals surface area (Å²) in [4.78, 5) is 46.7. The van der Waals surface area contributed by atoms with E-state index in [4.69, 9.17) is 9.47 Å². The van der Waals surface area contributed by atoms with Crippen molar-refractivity contribution in [1.82, 2.24) is 5.32 Å². The van der Waals surface area contributed by atoms with Crippen LogP contribution in [0.15, 0.2) is 18.2 Å². The largest absolute Gasteiger partial charge is 0.460 e. The van der Waals surface area contributed by atoms with Gasteiger partial charge in [-0.3, -0.25) is 19.7 Å². The van der Waals surface area contributed by atoms with Crippen LogP contribution in [0.1, 0.15) is 64.7 Å². The van der Waals surface area contributed by atoms with E-state index in [9.17, 15) is 28.9 Å². The van der Waals surface area contributed by atoms with E-state index in [1.807, 2.05) is 0 Å². The number of nitro groups is 1. The molecule has 1 atom stereocenters. The van der Waals surface area contributed by atoms with Gasteiger partial charge in [0.2, 0.25) is 5.82 Å². The number of rotatable bonds is 7. The summed E-state index contributed by atoms with van der Waals surface area (Å²) in [5, 5.41) is 13.1. The quantitative estimate of drug-likeness (QED) is 0.403. The maximum Gasteiger partial charge on any atom is 0.329 e. The predicted molar refractivity (Wildman–Crippen MR) is 105 cm³/mol. The molecule has 0 saturated heterocycles. The number of carbonyl (C=O) groups excluding carboxylic acids is 3. The van der Waals surface area contributed by atoms with Gasteiger partial charge in [0.25, 0.3) is 5.91 Å². The summed E-state index contributed by atoms with van der Waals surface area (Å²) < 4.78 is 24.3. The SMILES string of the molecule is CC(C)(C)OC(=O)CC[C@@H](NC(=O)c1ccc([N+](=O)[O-])c(F)c1)C(=O)OC(C)(C)C. The number of hydrogen-bond acceptors (Lipinski definition) is 7. The third kappa shape index (κ3) is 8.54. The number of benzene rings is 1. The van der Waals surface area contributed by atoms with Crippen LogP contribution in [0.4, 0.5) is 10.1 Å². The minimum atomic E-state index is -1.21. The molecule has 0 fully saturated rings. The molecule has 0 bridgehead atoms. The van der Waals surface area contributed by atoms with Crippen molar-refractivity contribution in [3.05, 3.63) is 39.7 Å². The summed E-state index contributed by atoms with van der Waals surface area (Å²) in [7, 11) is 0. The van der Waals surface area contributed by atoms with Crippen LogP contribution in [0.2, 0.25) is 0 Å². The van der Waals surface area contributed by atoms with Gasteiger partial charge in [0.1, 0.15) is 17.2 Å². The van der Waals surface area contributed by atoms with Gasteiger partial charge in [0.05, 0.1) is 4.92 Å². The van der Waals surface area contributed by atoms with Crippen molar-refractivity contribution in [2.45, 2.75) is 71.6 Å². The van der Waals surface area contributed by atoms with Crippen molar-refractivity contribution in [1.29, 1.82) is 0 Å². The molecule has 0 heterocycles. The number of carbonyl (C=O) groups is 3. The first kappa shape index (κ1) is 25.0. The number of amides is 1. The monoisotopic (exact) mass is 426 g/mol. The molecule has 1 N–H and O–H groups in total. The molecule has 0 unspecified atom stereocenters. The fraction of sp³-hybridized carbons (Fsp3) is 0.550. The summed E-state index contributed by atoms with van der Waals surface area (Å²) in [5.74, 6) is -3.37. The van der Waals surface area contributed by atoms with Crippen LogP contribution in [0.3, 0.4) is 0 Å². The number of nitrogens with zero attached hydrogens (tertiary/aromatic N) is 1. The zero-order valence-corrected chi connectivity index (χ0v) is 17.9. The van der Waals surface area contributed by atoms with Gasteiger partial charge in [-0.1, -0.05) is 0 Å². The lowest BCUT2D eigenvalue weighted by molar-refractivity contribution is -0.387. The van der Waals surface area contributed by atoms with E-state index in [2.05, 4.69) is 5.32 Å². The van der Waals surface area contributed by atoms with E-state index < -0.39 is 51.5 Å². The number of nitro benzene ring substituents is 1. The summed E-state index contributed by atoms with van der Waals surface area (Å²) in [6, 6.07) is 1.42. The van der Waals surface area contributed by atoms with Crippen molar-refractivity contribution in [3.63, 3.8) is 0 Å². The fourth-order valence-electron chi connectivity index (χ4n) is 2.31. The fourth-order valence-corrected chi connectivity index (χ4v) is 2.31. The van der Waals surface area contributed by atoms with Crippen LogP contribution in [-0.4, -0.2) is 40.0 Å². The standard InChI is InChI=1S/C20H27FN2O7/c1-19(2,3)29-16(24)10-8-14(18(26)30-20(4,5)6)22-17(25)12-7-9-15(23(27)28)13(21)11-12/h7,9,11,14H,8,10H2,1-6H3,(H,22,25)/t14-/m1/s1. The van der Waals surface area contributed by atoms with E-state index in [1.54, 1.807) is 41.5 Å². The summed E-state index contributed by atoms with van der Waals surface area (Å²) >= 11 is 0. The Kier molecular flexibility index (Phi) is 8.03. The van der Waals surface area contributed by atoms with Crippen LogP contribution in [0.5, 0.6) is 0 Å². The Bertz CT molecular complexity index is 825. The minimum Gasteiger partial charge on any atom is -0.460 e. The van der Waals surface area contributed by atoms with Crippen LogP contribution in [0, 0.1) is 15.9 Å². The third-order valence-corrected chi connectivity index (χ3v) is 3.46. The van der Waals surface area contributed by atoms with E-state index in [0.717, 1.165) is 12.1 Å². The number of ether oxygens (including phenoxy) is 2. The molecule has 10 heteroatoms. The molecule has 0 aliphatic carbocycles. The van der Waals surface area contributed by atoms with Gasteiger partial charge < -0.3 is 14.8 Å². The molecule has 1 rings (SSSR count). The number of hydrogen-bond donors (Lipinski definition) is 1. The molecule has 1 aromatic carbocycles. The van der Waals surface area contributed by atoms with Crippen LogP contribution >= 0.6 is 0 Å². The topological polar surface area (TPSA) is 125 Å². The Morgan fingerprint density at radius 2 is 1.67 bits per heavy atom. The smallest absolute Gasteiger partial charge is 0.329 e. The van der Waals surface area contributed by atoms with Gasteiger partial charge in [0.15, 0.2) is 0 Å². The normalized spacial score (nSPS) is 12.6. The van der Waals surface area contributed by atoms with Gasteiger partial charge >= 0.3 is 17.6 Å². The highest BCUT2D eigenvalue weighted by molar-refractivity contribution is 5.97. The predicted octanol–water partition coefficient (Wildman–Crippen LogP) is 3.30. The Hall–Kier alpha value is -3.04.